The Kier molecular flexibility index (Phi) is 6.48. The van der Waals surface area contributed by atoms with E-state index in [1.165, 1.54) is 24.9 Å². The quantitative estimate of drug-likeness (QED) is 0.402. The van der Waals surface area contributed by atoms with Crippen LogP contribution in [-0.2, 0) is 10.0 Å². The normalized spacial score (nSPS) is 11.3. The number of benzene rings is 1. The molecule has 3 rings (SSSR count). The smallest absolute Gasteiger partial charge is 0.241 e. The van der Waals surface area contributed by atoms with Gasteiger partial charge in [0.25, 0.3) is 0 Å². The molecule has 0 bridgehead atoms. The number of pyridine rings is 1. The standard InChI is InChI=1S/C20H25N7O2S/c1-13-5-4-6-16(14(13)2)17-11-19(27-20(21)26-17)24-10-9-23-18-8-7-15(12-25-18)30(28,29)22-3/h4-8,11-12,22H,9-10H2,1-3H3,(H,23,25)(H3,21,24,26,27). The fourth-order valence-corrected chi connectivity index (χ4v) is 3.54. The molecular weight excluding hydrogens is 402 g/mol. The highest BCUT2D eigenvalue weighted by Crippen LogP contribution is 2.25. The lowest BCUT2D eigenvalue weighted by molar-refractivity contribution is 0.588. The summed E-state index contributed by atoms with van der Waals surface area (Å²) >= 11 is 0. The van der Waals surface area contributed by atoms with Gasteiger partial charge in [-0.1, -0.05) is 18.2 Å². The Labute approximate surface area is 176 Å². The number of hydrogen-bond donors (Lipinski definition) is 4. The topological polar surface area (TPSA) is 135 Å². The van der Waals surface area contributed by atoms with Gasteiger partial charge in [-0.15, -0.1) is 0 Å². The van der Waals surface area contributed by atoms with Crippen LogP contribution in [0.3, 0.4) is 0 Å². The number of nitrogens with one attached hydrogen (secondary N) is 3. The number of sulfonamides is 1. The molecule has 158 valence electrons. The van der Waals surface area contributed by atoms with Crippen LogP contribution in [0.4, 0.5) is 17.6 Å². The molecular formula is C20H25N7O2S. The highest BCUT2D eigenvalue weighted by molar-refractivity contribution is 7.89. The molecule has 0 saturated carbocycles. The summed E-state index contributed by atoms with van der Waals surface area (Å²) < 4.78 is 25.7. The molecule has 0 aliphatic rings. The van der Waals surface area contributed by atoms with E-state index < -0.39 is 10.0 Å². The summed E-state index contributed by atoms with van der Waals surface area (Å²) in [5.41, 5.74) is 10.0. The molecule has 0 saturated heterocycles. The Balaban J connectivity index is 1.62. The van der Waals surface area contributed by atoms with Gasteiger partial charge in [0.15, 0.2) is 0 Å². The van der Waals surface area contributed by atoms with E-state index in [1.54, 1.807) is 6.07 Å². The highest BCUT2D eigenvalue weighted by atomic mass is 32.2. The molecule has 0 fully saturated rings. The Bertz CT molecular complexity index is 1130. The molecule has 3 aromatic rings. The molecule has 0 amide bonds. The maximum Gasteiger partial charge on any atom is 0.241 e. The van der Waals surface area contributed by atoms with Gasteiger partial charge in [0.2, 0.25) is 16.0 Å². The lowest BCUT2D eigenvalue weighted by Crippen LogP contribution is -2.19. The number of nitrogen functional groups attached to an aromatic ring is 1. The lowest BCUT2D eigenvalue weighted by atomic mass is 10.0. The number of rotatable bonds is 8. The van der Waals surface area contributed by atoms with Crippen LogP contribution in [0.15, 0.2) is 47.5 Å². The first-order chi connectivity index (χ1) is 14.3. The molecule has 0 radical (unpaired) electrons. The van der Waals surface area contributed by atoms with E-state index in [4.69, 9.17) is 5.73 Å². The first-order valence-electron chi connectivity index (χ1n) is 9.38. The van der Waals surface area contributed by atoms with Crippen molar-refractivity contribution >= 4 is 27.6 Å². The fourth-order valence-electron chi connectivity index (χ4n) is 2.87. The van der Waals surface area contributed by atoms with E-state index in [0.717, 1.165) is 16.8 Å². The second kappa shape index (κ2) is 9.06. The van der Waals surface area contributed by atoms with E-state index in [2.05, 4.69) is 50.2 Å². The SMILES string of the molecule is CNS(=O)(=O)c1ccc(NCCNc2cc(-c3cccc(C)c3C)nc(N)n2)nc1. The van der Waals surface area contributed by atoms with Crippen LogP contribution < -0.4 is 21.1 Å². The molecule has 0 aliphatic heterocycles. The monoisotopic (exact) mass is 427 g/mol. The van der Waals surface area contributed by atoms with Gasteiger partial charge in [0.1, 0.15) is 16.5 Å². The number of hydrogen-bond acceptors (Lipinski definition) is 8. The molecule has 0 spiro atoms. The Morgan fingerprint density at radius 3 is 2.40 bits per heavy atom. The third kappa shape index (κ3) is 5.02. The zero-order valence-electron chi connectivity index (χ0n) is 17.1. The summed E-state index contributed by atoms with van der Waals surface area (Å²) in [5.74, 6) is 1.40. The largest absolute Gasteiger partial charge is 0.368 e. The first kappa shape index (κ1) is 21.5. The third-order valence-corrected chi connectivity index (χ3v) is 6.08. The molecule has 9 nitrogen and oxygen atoms in total. The molecule has 0 unspecified atom stereocenters. The number of nitrogens with zero attached hydrogens (tertiary/aromatic N) is 3. The summed E-state index contributed by atoms with van der Waals surface area (Å²) in [7, 11) is -2.13. The van der Waals surface area contributed by atoms with Crippen molar-refractivity contribution < 1.29 is 8.42 Å². The molecule has 1 aromatic carbocycles. The van der Waals surface area contributed by atoms with Crippen LogP contribution in [0, 0.1) is 13.8 Å². The summed E-state index contributed by atoms with van der Waals surface area (Å²) in [6.45, 7) is 5.22. The van der Waals surface area contributed by atoms with E-state index in [0.29, 0.717) is 24.7 Å². The minimum atomic E-state index is -3.49. The van der Waals surface area contributed by atoms with E-state index in [9.17, 15) is 8.42 Å². The van der Waals surface area contributed by atoms with Crippen LogP contribution >= 0.6 is 0 Å². The second-order valence-corrected chi connectivity index (χ2v) is 8.57. The van der Waals surface area contributed by atoms with Crippen LogP contribution in [0.5, 0.6) is 0 Å². The zero-order valence-corrected chi connectivity index (χ0v) is 17.9. The number of aryl methyl sites for hydroxylation is 1. The van der Waals surface area contributed by atoms with E-state index in [1.807, 2.05) is 18.2 Å². The number of anilines is 3. The molecule has 2 aromatic heterocycles. The zero-order chi connectivity index (χ0) is 21.7. The molecule has 10 heteroatoms. The maximum absolute atomic E-state index is 11.7. The van der Waals surface area contributed by atoms with Crippen molar-refractivity contribution in [2.24, 2.45) is 0 Å². The van der Waals surface area contributed by atoms with E-state index >= 15 is 0 Å². The first-order valence-corrected chi connectivity index (χ1v) is 10.9. The van der Waals surface area contributed by atoms with Crippen LogP contribution in [0.1, 0.15) is 11.1 Å². The molecule has 5 N–H and O–H groups in total. The average Bonchev–Trinajstić information content (AvgIpc) is 2.73. The summed E-state index contributed by atoms with van der Waals surface area (Å²) in [6.07, 6.45) is 1.31. The Morgan fingerprint density at radius 1 is 1.00 bits per heavy atom. The van der Waals surface area contributed by atoms with Gasteiger partial charge in [0.05, 0.1) is 5.69 Å². The minimum absolute atomic E-state index is 0.115. The van der Waals surface area contributed by atoms with Crippen molar-refractivity contribution in [2.45, 2.75) is 18.7 Å². The van der Waals surface area contributed by atoms with Crippen LogP contribution in [-0.4, -0.2) is 43.5 Å². The predicted molar refractivity (Wildman–Crippen MR) is 119 cm³/mol. The van der Waals surface area contributed by atoms with Crippen molar-refractivity contribution in [3.05, 3.63) is 53.7 Å². The summed E-state index contributed by atoms with van der Waals surface area (Å²) in [6, 6.07) is 11.0. The maximum atomic E-state index is 11.7. The molecule has 30 heavy (non-hydrogen) atoms. The second-order valence-electron chi connectivity index (χ2n) is 6.68. The van der Waals surface area contributed by atoms with Crippen molar-refractivity contribution in [2.75, 3.05) is 36.5 Å². The van der Waals surface area contributed by atoms with Gasteiger partial charge in [-0.3, -0.25) is 0 Å². The van der Waals surface area contributed by atoms with Crippen molar-refractivity contribution in [3.8, 4) is 11.3 Å². The van der Waals surface area contributed by atoms with Gasteiger partial charge in [-0.25, -0.2) is 23.1 Å². The van der Waals surface area contributed by atoms with Crippen LogP contribution in [0.25, 0.3) is 11.3 Å². The molecule has 0 atom stereocenters. The summed E-state index contributed by atoms with van der Waals surface area (Å²) in [5, 5.41) is 6.34. The van der Waals surface area contributed by atoms with Gasteiger partial charge >= 0.3 is 0 Å². The Hall–Kier alpha value is -3.24. The van der Waals surface area contributed by atoms with Gasteiger partial charge < -0.3 is 16.4 Å². The van der Waals surface area contributed by atoms with Crippen molar-refractivity contribution in [1.29, 1.82) is 0 Å². The van der Waals surface area contributed by atoms with E-state index in [-0.39, 0.29) is 10.8 Å². The van der Waals surface area contributed by atoms with Gasteiger partial charge in [-0.2, -0.15) is 4.98 Å². The molecule has 0 aliphatic carbocycles. The number of aromatic nitrogens is 3. The predicted octanol–water partition coefficient (Wildman–Crippen LogP) is 2.17. The minimum Gasteiger partial charge on any atom is -0.368 e. The van der Waals surface area contributed by atoms with Gasteiger partial charge in [-0.05, 0) is 44.2 Å². The van der Waals surface area contributed by atoms with Crippen molar-refractivity contribution in [1.82, 2.24) is 19.7 Å². The third-order valence-electron chi connectivity index (χ3n) is 4.68. The fraction of sp³-hybridized carbons (Fsp3) is 0.250. The van der Waals surface area contributed by atoms with Gasteiger partial charge in [0, 0.05) is 30.9 Å². The number of nitrogens with two attached hydrogens (primary N) is 1. The summed E-state index contributed by atoms with van der Waals surface area (Å²) in [4.78, 5) is 12.8. The lowest BCUT2D eigenvalue weighted by Gasteiger charge is -2.12. The Morgan fingerprint density at radius 2 is 1.73 bits per heavy atom. The van der Waals surface area contributed by atoms with Crippen molar-refractivity contribution in [3.63, 3.8) is 0 Å². The van der Waals surface area contributed by atoms with Crippen LogP contribution in [0.2, 0.25) is 0 Å². The average molecular weight is 428 g/mol. The highest BCUT2D eigenvalue weighted by Gasteiger charge is 2.11. The molecule has 2 heterocycles.